The number of nitrogens with zero attached hydrogens (tertiary/aromatic N) is 2. The number of carbonyl (C=O) groups excluding carboxylic acids is 1. The van der Waals surface area contributed by atoms with E-state index in [2.05, 4.69) is 27.8 Å². The first-order valence-corrected chi connectivity index (χ1v) is 5.84. The van der Waals surface area contributed by atoms with Crippen LogP contribution in [0.25, 0.3) is 0 Å². The van der Waals surface area contributed by atoms with Gasteiger partial charge in [0.2, 0.25) is 0 Å². The fourth-order valence-electron chi connectivity index (χ4n) is 2.04. The van der Waals surface area contributed by atoms with E-state index in [0.29, 0.717) is 11.3 Å². The highest BCUT2D eigenvalue weighted by molar-refractivity contribution is 5.95. The molecule has 0 saturated carbocycles. The van der Waals surface area contributed by atoms with Crippen LogP contribution in [0.5, 0.6) is 0 Å². The molecule has 5 nitrogen and oxygen atoms in total. The number of hydrogen-bond donors (Lipinski definition) is 2. The van der Waals surface area contributed by atoms with E-state index < -0.39 is 0 Å². The smallest absolute Gasteiger partial charge is 0.253 e. The van der Waals surface area contributed by atoms with Gasteiger partial charge in [-0.05, 0) is 39.8 Å². The predicted octanol–water partition coefficient (Wildman–Crippen LogP) is 0.575. The number of hydrogen-bond acceptors (Lipinski definition) is 4. The van der Waals surface area contributed by atoms with Crippen molar-refractivity contribution in [1.82, 2.24) is 20.8 Å². The Morgan fingerprint density at radius 3 is 2.88 bits per heavy atom. The molecule has 0 bridgehead atoms. The van der Waals surface area contributed by atoms with Crippen LogP contribution >= 0.6 is 0 Å². The molecular weight excluding hydrogens is 216 g/mol. The fourth-order valence-corrected chi connectivity index (χ4v) is 2.04. The van der Waals surface area contributed by atoms with Crippen LogP contribution in [0.4, 0.5) is 0 Å². The Hall–Kier alpha value is -1.49. The Kier molecular flexibility index (Phi) is 3.11. The van der Waals surface area contributed by atoms with E-state index in [1.807, 2.05) is 6.92 Å². The molecule has 0 radical (unpaired) electrons. The predicted molar refractivity (Wildman–Crippen MR) is 64.9 cm³/mol. The number of amides is 1. The molecule has 1 atom stereocenters. The summed E-state index contributed by atoms with van der Waals surface area (Å²) in [5, 5.41) is 14.2. The summed E-state index contributed by atoms with van der Waals surface area (Å²) in [5.41, 5.74) is 1.89. The van der Waals surface area contributed by atoms with E-state index in [-0.39, 0.29) is 11.4 Å². The summed E-state index contributed by atoms with van der Waals surface area (Å²) in [6, 6.07) is 1.78. The Balaban J connectivity index is 2.17. The third kappa shape index (κ3) is 2.61. The Bertz CT molecular complexity index is 438. The minimum atomic E-state index is -0.152. The maximum Gasteiger partial charge on any atom is 0.253 e. The molecule has 0 aliphatic carbocycles. The molecule has 1 unspecified atom stereocenters. The van der Waals surface area contributed by atoms with Gasteiger partial charge >= 0.3 is 0 Å². The average Bonchev–Trinajstić information content (AvgIpc) is 2.68. The highest BCUT2D eigenvalue weighted by Gasteiger charge is 2.30. The van der Waals surface area contributed by atoms with Crippen LogP contribution in [0.2, 0.25) is 0 Å². The zero-order chi connectivity index (χ0) is 12.5. The maximum absolute atomic E-state index is 12.2. The molecule has 1 amide bonds. The number of aromatic nitrogens is 2. The minimum Gasteiger partial charge on any atom is -0.345 e. The largest absolute Gasteiger partial charge is 0.345 e. The lowest BCUT2D eigenvalue weighted by atomic mass is 10.0. The summed E-state index contributed by atoms with van der Waals surface area (Å²) in [5.74, 6) is -0.0632. The third-order valence-electron chi connectivity index (χ3n) is 3.13. The molecule has 2 heterocycles. The zero-order valence-electron chi connectivity index (χ0n) is 10.5. The van der Waals surface area contributed by atoms with E-state index in [1.165, 1.54) is 0 Å². The third-order valence-corrected chi connectivity index (χ3v) is 3.13. The molecule has 2 N–H and O–H groups in total. The summed E-state index contributed by atoms with van der Waals surface area (Å²) in [6.07, 6.45) is 0.954. The van der Waals surface area contributed by atoms with E-state index in [4.69, 9.17) is 0 Å². The van der Waals surface area contributed by atoms with Gasteiger partial charge in [-0.1, -0.05) is 0 Å². The van der Waals surface area contributed by atoms with Crippen molar-refractivity contribution < 1.29 is 4.79 Å². The van der Waals surface area contributed by atoms with Gasteiger partial charge in [0.1, 0.15) is 0 Å². The molecule has 1 aromatic rings. The molecule has 1 aliphatic rings. The first kappa shape index (κ1) is 12.0. The second kappa shape index (κ2) is 4.41. The number of aryl methyl sites for hydroxylation is 2. The summed E-state index contributed by atoms with van der Waals surface area (Å²) < 4.78 is 0. The van der Waals surface area contributed by atoms with Crippen LogP contribution in [0.3, 0.4) is 0 Å². The van der Waals surface area contributed by atoms with Gasteiger partial charge in [0, 0.05) is 6.54 Å². The van der Waals surface area contributed by atoms with Crippen molar-refractivity contribution in [3.05, 3.63) is 23.0 Å². The minimum absolute atomic E-state index is 0.0632. The van der Waals surface area contributed by atoms with Gasteiger partial charge < -0.3 is 10.6 Å². The molecule has 1 aromatic heterocycles. The molecule has 92 valence electrons. The monoisotopic (exact) mass is 234 g/mol. The van der Waals surface area contributed by atoms with Crippen molar-refractivity contribution in [3.8, 4) is 0 Å². The molecule has 1 aliphatic heterocycles. The summed E-state index contributed by atoms with van der Waals surface area (Å²) in [4.78, 5) is 12.2. The van der Waals surface area contributed by atoms with Crippen LogP contribution in [0.15, 0.2) is 6.07 Å². The number of rotatable bonds is 2. The van der Waals surface area contributed by atoms with Gasteiger partial charge in [-0.3, -0.25) is 4.79 Å². The molecule has 0 aromatic carbocycles. The van der Waals surface area contributed by atoms with Gasteiger partial charge in [-0.25, -0.2) is 0 Å². The van der Waals surface area contributed by atoms with E-state index in [0.717, 1.165) is 25.2 Å². The van der Waals surface area contributed by atoms with E-state index >= 15 is 0 Å². The molecule has 2 rings (SSSR count). The highest BCUT2D eigenvalue weighted by Crippen LogP contribution is 2.15. The Labute approximate surface area is 101 Å². The van der Waals surface area contributed by atoms with Crippen LogP contribution in [-0.2, 0) is 0 Å². The first-order valence-electron chi connectivity index (χ1n) is 5.84. The first-order chi connectivity index (χ1) is 8.00. The second-order valence-corrected chi connectivity index (χ2v) is 4.93. The van der Waals surface area contributed by atoms with Crippen molar-refractivity contribution in [1.29, 1.82) is 0 Å². The van der Waals surface area contributed by atoms with Gasteiger partial charge in [0.15, 0.2) is 0 Å². The lowest BCUT2D eigenvalue weighted by molar-refractivity contribution is 0.0911. The molecule has 1 saturated heterocycles. The molecule has 0 spiro atoms. The fraction of sp³-hybridized carbons (Fsp3) is 0.583. The van der Waals surface area contributed by atoms with Crippen LogP contribution < -0.4 is 10.6 Å². The number of carbonyl (C=O) groups is 1. The molecule has 1 fully saturated rings. The van der Waals surface area contributed by atoms with Gasteiger partial charge in [-0.2, -0.15) is 10.2 Å². The summed E-state index contributed by atoms with van der Waals surface area (Å²) in [7, 11) is 0. The van der Waals surface area contributed by atoms with Gasteiger partial charge in [-0.15, -0.1) is 0 Å². The van der Waals surface area contributed by atoms with Crippen LogP contribution in [0, 0.1) is 13.8 Å². The Morgan fingerprint density at radius 1 is 1.47 bits per heavy atom. The second-order valence-electron chi connectivity index (χ2n) is 4.93. The quantitative estimate of drug-likeness (QED) is 0.785. The maximum atomic E-state index is 12.2. The Morgan fingerprint density at radius 2 is 2.24 bits per heavy atom. The summed E-state index contributed by atoms with van der Waals surface area (Å²) >= 11 is 0. The van der Waals surface area contributed by atoms with Gasteiger partial charge in [0.25, 0.3) is 5.91 Å². The molecule has 17 heavy (non-hydrogen) atoms. The van der Waals surface area contributed by atoms with Gasteiger partial charge in [0.05, 0.1) is 22.5 Å². The van der Waals surface area contributed by atoms with Crippen molar-refractivity contribution in [2.24, 2.45) is 0 Å². The molecular formula is C12H18N4O. The topological polar surface area (TPSA) is 66.9 Å². The molecule has 5 heteroatoms. The van der Waals surface area contributed by atoms with Crippen molar-refractivity contribution in [2.75, 3.05) is 13.1 Å². The highest BCUT2D eigenvalue weighted by atomic mass is 16.1. The van der Waals surface area contributed by atoms with Crippen molar-refractivity contribution >= 4 is 5.91 Å². The van der Waals surface area contributed by atoms with Crippen LogP contribution in [0.1, 0.15) is 35.1 Å². The average molecular weight is 234 g/mol. The standard InChI is InChI=1S/C12H18N4O/c1-8-6-10(9(2)16-15-8)11(17)14-12(3)4-5-13-7-12/h6,13H,4-5,7H2,1-3H3,(H,14,17). The normalized spacial score (nSPS) is 23.7. The lowest BCUT2D eigenvalue weighted by Gasteiger charge is -2.24. The van der Waals surface area contributed by atoms with Crippen molar-refractivity contribution in [2.45, 2.75) is 32.7 Å². The van der Waals surface area contributed by atoms with E-state index in [1.54, 1.807) is 13.0 Å². The zero-order valence-corrected chi connectivity index (χ0v) is 10.5. The summed E-state index contributed by atoms with van der Waals surface area (Å²) in [6.45, 7) is 7.46. The van der Waals surface area contributed by atoms with Crippen molar-refractivity contribution in [3.63, 3.8) is 0 Å². The SMILES string of the molecule is Cc1cc(C(=O)NC2(C)CCNC2)c(C)nn1. The number of nitrogens with one attached hydrogen (secondary N) is 2. The van der Waals surface area contributed by atoms with Crippen LogP contribution in [-0.4, -0.2) is 34.7 Å². The van der Waals surface area contributed by atoms with E-state index in [9.17, 15) is 4.79 Å². The lowest BCUT2D eigenvalue weighted by Crippen LogP contribution is -2.47.